The first-order valence-electron chi connectivity index (χ1n) is 7.93. The first-order valence-corrected chi connectivity index (χ1v) is 8.31. The highest BCUT2D eigenvalue weighted by Crippen LogP contribution is 2.65. The number of imide groups is 1. The molecule has 0 unspecified atom stereocenters. The number of allylic oxidation sites excluding steroid dienone is 2. The van der Waals surface area contributed by atoms with Crippen LogP contribution in [0.1, 0.15) is 12.0 Å². The fourth-order valence-electron chi connectivity index (χ4n) is 4.99. The van der Waals surface area contributed by atoms with Gasteiger partial charge in [-0.2, -0.15) is 0 Å². The quantitative estimate of drug-likeness (QED) is 0.622. The second-order valence-corrected chi connectivity index (χ2v) is 7.48. The van der Waals surface area contributed by atoms with Crippen LogP contribution in [-0.4, -0.2) is 16.7 Å². The Morgan fingerprint density at radius 2 is 1.68 bits per heavy atom. The van der Waals surface area contributed by atoms with Gasteiger partial charge in [0.1, 0.15) is 0 Å². The smallest absolute Gasteiger partial charge is 0.234 e. The first-order chi connectivity index (χ1) is 10.6. The zero-order chi connectivity index (χ0) is 15.0. The minimum absolute atomic E-state index is 0.0275. The van der Waals surface area contributed by atoms with E-state index in [-0.39, 0.29) is 23.7 Å². The molecule has 4 aliphatic carbocycles. The van der Waals surface area contributed by atoms with Crippen molar-refractivity contribution < 1.29 is 9.59 Å². The average molecular weight is 314 g/mol. The van der Waals surface area contributed by atoms with Gasteiger partial charge in [-0.1, -0.05) is 35.9 Å². The summed E-state index contributed by atoms with van der Waals surface area (Å²) in [6.45, 7) is 0.347. The van der Waals surface area contributed by atoms with Gasteiger partial charge in [0, 0.05) is 5.02 Å². The van der Waals surface area contributed by atoms with E-state index < -0.39 is 0 Å². The fourth-order valence-corrected chi connectivity index (χ4v) is 5.21. The molecule has 3 nitrogen and oxygen atoms in total. The zero-order valence-electron chi connectivity index (χ0n) is 12.0. The van der Waals surface area contributed by atoms with Crippen molar-refractivity contribution in [3.63, 3.8) is 0 Å². The highest BCUT2D eigenvalue weighted by Gasteiger charge is 2.66. The van der Waals surface area contributed by atoms with Gasteiger partial charge in [0.05, 0.1) is 18.4 Å². The van der Waals surface area contributed by atoms with Crippen LogP contribution >= 0.6 is 11.6 Å². The van der Waals surface area contributed by atoms with E-state index in [0.717, 1.165) is 5.56 Å². The molecule has 1 aromatic rings. The Balaban J connectivity index is 1.47. The summed E-state index contributed by atoms with van der Waals surface area (Å²) in [4.78, 5) is 27.1. The Morgan fingerprint density at radius 3 is 2.27 bits per heavy atom. The van der Waals surface area contributed by atoms with Crippen molar-refractivity contribution in [2.24, 2.45) is 35.5 Å². The van der Waals surface area contributed by atoms with Crippen molar-refractivity contribution in [3.8, 4) is 0 Å². The summed E-state index contributed by atoms with van der Waals surface area (Å²) in [5.74, 6) is 1.73. The number of amides is 2. The minimum atomic E-state index is -0.106. The Kier molecular flexibility index (Phi) is 2.48. The van der Waals surface area contributed by atoms with E-state index >= 15 is 0 Å². The molecule has 2 bridgehead atoms. The maximum absolute atomic E-state index is 12.8. The summed E-state index contributed by atoms with van der Waals surface area (Å²) >= 11 is 6.01. The molecule has 6 atom stereocenters. The van der Waals surface area contributed by atoms with E-state index in [1.54, 1.807) is 6.07 Å². The third-order valence-electron chi connectivity index (χ3n) is 5.98. The van der Waals surface area contributed by atoms with Crippen LogP contribution in [0.4, 0.5) is 0 Å². The summed E-state index contributed by atoms with van der Waals surface area (Å²) in [6.07, 6.45) is 5.60. The molecule has 3 fully saturated rings. The molecule has 112 valence electrons. The third kappa shape index (κ3) is 1.58. The number of halogens is 1. The molecule has 0 spiro atoms. The molecule has 0 N–H and O–H groups in total. The molecule has 1 aliphatic heterocycles. The second kappa shape index (κ2) is 4.23. The lowest BCUT2D eigenvalue weighted by Crippen LogP contribution is -2.40. The summed E-state index contributed by atoms with van der Waals surface area (Å²) in [6, 6.07) is 7.40. The summed E-state index contributed by atoms with van der Waals surface area (Å²) in [5.41, 5.74) is 0.915. The van der Waals surface area contributed by atoms with E-state index in [0.29, 0.717) is 35.2 Å². The van der Waals surface area contributed by atoms with Gasteiger partial charge in [-0.3, -0.25) is 14.5 Å². The Labute approximate surface area is 133 Å². The number of hydrogen-bond donors (Lipinski definition) is 0. The average Bonchev–Trinajstić information content (AvgIpc) is 3.29. The number of carbonyl (C=O) groups is 2. The number of nitrogens with zero attached hydrogens (tertiary/aromatic N) is 1. The molecule has 2 amide bonds. The molecule has 0 aromatic heterocycles. The monoisotopic (exact) mass is 313 g/mol. The normalized spacial score (nSPS) is 40.9. The van der Waals surface area contributed by atoms with E-state index in [1.807, 2.05) is 18.2 Å². The Morgan fingerprint density at radius 1 is 1.05 bits per heavy atom. The maximum Gasteiger partial charge on any atom is 0.234 e. The zero-order valence-corrected chi connectivity index (χ0v) is 12.7. The van der Waals surface area contributed by atoms with Crippen LogP contribution in [0.15, 0.2) is 36.4 Å². The van der Waals surface area contributed by atoms with E-state index in [1.165, 1.54) is 11.3 Å². The van der Waals surface area contributed by atoms with Crippen LogP contribution in [0, 0.1) is 35.5 Å². The van der Waals surface area contributed by atoms with Gasteiger partial charge in [0.15, 0.2) is 0 Å². The molecule has 1 saturated heterocycles. The lowest BCUT2D eigenvalue weighted by atomic mass is 9.63. The van der Waals surface area contributed by atoms with E-state index in [9.17, 15) is 9.59 Å². The van der Waals surface area contributed by atoms with Crippen LogP contribution in [0.3, 0.4) is 0 Å². The van der Waals surface area contributed by atoms with Gasteiger partial charge in [0.2, 0.25) is 11.8 Å². The highest BCUT2D eigenvalue weighted by molar-refractivity contribution is 6.30. The largest absolute Gasteiger partial charge is 0.278 e. The van der Waals surface area contributed by atoms with Gasteiger partial charge in [-0.15, -0.1) is 0 Å². The number of rotatable bonds is 2. The van der Waals surface area contributed by atoms with Gasteiger partial charge in [0.25, 0.3) is 0 Å². The number of hydrogen-bond acceptors (Lipinski definition) is 2. The third-order valence-corrected chi connectivity index (χ3v) is 6.22. The van der Waals surface area contributed by atoms with E-state index in [4.69, 9.17) is 11.6 Å². The lowest BCUT2D eigenvalue weighted by Gasteiger charge is -2.37. The predicted molar refractivity (Wildman–Crippen MR) is 81.7 cm³/mol. The summed E-state index contributed by atoms with van der Waals surface area (Å²) in [7, 11) is 0. The van der Waals surface area contributed by atoms with Crippen LogP contribution in [0.25, 0.3) is 0 Å². The molecule has 0 radical (unpaired) electrons. The number of carbonyl (C=O) groups excluding carboxylic acids is 2. The lowest BCUT2D eigenvalue weighted by molar-refractivity contribution is -0.140. The second-order valence-electron chi connectivity index (χ2n) is 7.05. The van der Waals surface area contributed by atoms with Crippen LogP contribution in [0.5, 0.6) is 0 Å². The van der Waals surface area contributed by atoms with Gasteiger partial charge >= 0.3 is 0 Å². The maximum atomic E-state index is 12.8. The fraction of sp³-hybridized carbons (Fsp3) is 0.444. The molecule has 4 heteroatoms. The summed E-state index contributed by atoms with van der Waals surface area (Å²) in [5, 5.41) is 0.636. The van der Waals surface area contributed by atoms with Crippen molar-refractivity contribution in [1.82, 2.24) is 4.90 Å². The topological polar surface area (TPSA) is 37.4 Å². The van der Waals surface area contributed by atoms with Gasteiger partial charge in [-0.25, -0.2) is 0 Å². The molecular formula is C18H16ClNO2. The summed E-state index contributed by atoms with van der Waals surface area (Å²) < 4.78 is 0. The number of benzene rings is 1. The molecule has 1 aromatic carbocycles. The van der Waals surface area contributed by atoms with Crippen molar-refractivity contribution >= 4 is 23.4 Å². The molecule has 2 saturated carbocycles. The standard InChI is InChI=1S/C18H16ClNO2/c19-10-3-1-2-9(6-10)8-20-17(21)15-11-4-5-12(14-7-13(11)14)16(15)18(20)22/h1-6,11-16H,7-8H2/t11-,12-,13-,14-,15+,16+/m0/s1. The van der Waals surface area contributed by atoms with Crippen molar-refractivity contribution in [2.45, 2.75) is 13.0 Å². The molecular weight excluding hydrogens is 298 g/mol. The Hall–Kier alpha value is -1.61. The number of likely N-dealkylation sites (tertiary alicyclic amines) is 1. The van der Waals surface area contributed by atoms with Crippen molar-refractivity contribution in [3.05, 3.63) is 47.0 Å². The predicted octanol–water partition coefficient (Wildman–Crippen LogP) is 2.89. The van der Waals surface area contributed by atoms with Gasteiger partial charge in [-0.05, 0) is 47.8 Å². The SMILES string of the molecule is O=C1[C@@H]2[C@H]3C=C[C@@H]([C@@H]4C[C@@H]34)[C@H]2C(=O)N1Cc1cccc(Cl)c1. The van der Waals surface area contributed by atoms with Crippen LogP contribution in [0.2, 0.25) is 5.02 Å². The molecule has 5 aliphatic rings. The Bertz CT molecular complexity index is 692. The minimum Gasteiger partial charge on any atom is -0.278 e. The molecule has 6 rings (SSSR count). The highest BCUT2D eigenvalue weighted by atomic mass is 35.5. The van der Waals surface area contributed by atoms with Gasteiger partial charge < -0.3 is 0 Å². The molecule has 22 heavy (non-hydrogen) atoms. The molecule has 1 heterocycles. The first kappa shape index (κ1) is 12.9. The van der Waals surface area contributed by atoms with Crippen LogP contribution in [-0.2, 0) is 16.1 Å². The van der Waals surface area contributed by atoms with E-state index in [2.05, 4.69) is 12.2 Å². The van der Waals surface area contributed by atoms with Crippen molar-refractivity contribution in [2.75, 3.05) is 0 Å². The van der Waals surface area contributed by atoms with Crippen LogP contribution < -0.4 is 0 Å². The van der Waals surface area contributed by atoms with Crippen molar-refractivity contribution in [1.29, 1.82) is 0 Å².